The van der Waals surface area contributed by atoms with Gasteiger partial charge in [-0.05, 0) is 74.9 Å². The van der Waals surface area contributed by atoms with Crippen LogP contribution in [-0.4, -0.2) is 59.6 Å². The minimum atomic E-state index is 0.324. The first-order chi connectivity index (χ1) is 14.1. The van der Waals surface area contributed by atoms with Gasteiger partial charge in [0.1, 0.15) is 5.75 Å². The average molecular weight is 437 g/mol. The van der Waals surface area contributed by atoms with Crippen LogP contribution < -0.4 is 4.74 Å². The number of thioether (sulfide) groups is 1. The average Bonchev–Trinajstić information content (AvgIpc) is 3.11. The van der Waals surface area contributed by atoms with E-state index < -0.39 is 0 Å². The van der Waals surface area contributed by atoms with Gasteiger partial charge in [-0.1, -0.05) is 42.6 Å². The molecule has 1 unspecified atom stereocenters. The highest BCUT2D eigenvalue weighted by molar-refractivity contribution is 8.14. The normalized spacial score (nSPS) is 25.0. The number of hydrogen-bond acceptors (Lipinski definition) is 4. The first-order valence-electron chi connectivity index (χ1n) is 11.1. The zero-order valence-electron chi connectivity index (χ0n) is 17.4. The Labute approximate surface area is 184 Å². The molecular weight excluding hydrogens is 404 g/mol. The van der Waals surface area contributed by atoms with E-state index in [4.69, 9.17) is 16.3 Å². The Morgan fingerprint density at radius 3 is 2.62 bits per heavy atom. The Kier molecular flexibility index (Phi) is 7.30. The zero-order valence-corrected chi connectivity index (χ0v) is 19.0. The summed E-state index contributed by atoms with van der Waals surface area (Å²) in [5.41, 5.74) is 1.20. The van der Waals surface area contributed by atoms with Crippen LogP contribution in [0.5, 0.6) is 5.75 Å². The molecule has 0 aromatic heterocycles. The number of ether oxygens (including phenoxy) is 1. The number of amides is 1. The van der Waals surface area contributed by atoms with Crippen LogP contribution in [0.2, 0.25) is 5.02 Å². The van der Waals surface area contributed by atoms with Crippen LogP contribution in [0.15, 0.2) is 18.2 Å². The lowest BCUT2D eigenvalue weighted by Crippen LogP contribution is -2.41. The second kappa shape index (κ2) is 9.93. The lowest BCUT2D eigenvalue weighted by atomic mass is 9.90. The van der Waals surface area contributed by atoms with Crippen molar-refractivity contribution in [3.05, 3.63) is 28.8 Å². The maximum atomic E-state index is 12.5. The van der Waals surface area contributed by atoms with Crippen LogP contribution in [0.4, 0.5) is 4.79 Å². The molecule has 1 amide bonds. The second-order valence-corrected chi connectivity index (χ2v) is 10.5. The van der Waals surface area contributed by atoms with Crippen molar-refractivity contribution in [1.29, 1.82) is 0 Å². The van der Waals surface area contributed by atoms with Gasteiger partial charge in [-0.3, -0.25) is 4.79 Å². The summed E-state index contributed by atoms with van der Waals surface area (Å²) in [5, 5.41) is 1.61. The van der Waals surface area contributed by atoms with Gasteiger partial charge < -0.3 is 14.5 Å². The minimum absolute atomic E-state index is 0.324. The first-order valence-corrected chi connectivity index (χ1v) is 12.4. The van der Waals surface area contributed by atoms with E-state index in [9.17, 15) is 4.79 Å². The zero-order chi connectivity index (χ0) is 20.2. The number of methoxy groups -OCH3 is 1. The third kappa shape index (κ3) is 5.42. The Balaban J connectivity index is 1.24. The van der Waals surface area contributed by atoms with Gasteiger partial charge in [0.2, 0.25) is 0 Å². The molecule has 2 aliphatic heterocycles. The number of benzene rings is 1. The molecule has 4 nitrogen and oxygen atoms in total. The summed E-state index contributed by atoms with van der Waals surface area (Å²) >= 11 is 7.98. The van der Waals surface area contributed by atoms with Crippen molar-refractivity contribution >= 4 is 28.6 Å². The van der Waals surface area contributed by atoms with Crippen molar-refractivity contribution in [1.82, 2.24) is 9.80 Å². The van der Waals surface area contributed by atoms with Gasteiger partial charge in [-0.25, -0.2) is 0 Å². The molecule has 29 heavy (non-hydrogen) atoms. The van der Waals surface area contributed by atoms with Crippen LogP contribution in [0, 0.1) is 5.92 Å². The number of halogens is 1. The molecule has 2 saturated heterocycles. The van der Waals surface area contributed by atoms with Crippen LogP contribution in [0.1, 0.15) is 50.5 Å². The van der Waals surface area contributed by atoms with Gasteiger partial charge in [0.15, 0.2) is 0 Å². The molecule has 1 atom stereocenters. The van der Waals surface area contributed by atoms with E-state index >= 15 is 0 Å². The monoisotopic (exact) mass is 436 g/mol. The molecule has 0 bridgehead atoms. The molecule has 160 valence electrons. The van der Waals surface area contributed by atoms with Crippen LogP contribution in [-0.2, 0) is 6.42 Å². The lowest BCUT2D eigenvalue weighted by Gasteiger charge is -2.34. The quantitative estimate of drug-likeness (QED) is 0.591. The van der Waals surface area contributed by atoms with E-state index in [1.54, 1.807) is 18.9 Å². The highest BCUT2D eigenvalue weighted by Crippen LogP contribution is 2.34. The number of rotatable bonds is 6. The molecule has 1 aromatic carbocycles. The standard InChI is InChI=1S/C23H33ClN2O2S/c1-28-20-7-8-22(24)18(14-20)13-17-9-11-25(12-10-17)15-21-16-26(23(27)29-21)19-5-3-2-4-6-19/h7-8,14,17,19,21H,2-6,9-13,15-16H2,1H3. The summed E-state index contributed by atoms with van der Waals surface area (Å²) in [4.78, 5) is 17.3. The number of piperidine rings is 1. The summed E-state index contributed by atoms with van der Waals surface area (Å²) in [6.45, 7) is 4.25. The molecule has 2 heterocycles. The largest absolute Gasteiger partial charge is 0.497 e. The third-order valence-corrected chi connectivity index (χ3v) is 8.28. The van der Waals surface area contributed by atoms with E-state index in [1.165, 1.54) is 50.5 Å². The molecule has 4 rings (SSSR count). The molecule has 0 radical (unpaired) electrons. The maximum Gasteiger partial charge on any atom is 0.282 e. The van der Waals surface area contributed by atoms with Gasteiger partial charge in [0.05, 0.1) is 7.11 Å². The molecule has 1 aromatic rings. The number of hydrogen-bond donors (Lipinski definition) is 0. The van der Waals surface area contributed by atoms with Crippen LogP contribution in [0.3, 0.4) is 0 Å². The van der Waals surface area contributed by atoms with Gasteiger partial charge in [0.25, 0.3) is 5.24 Å². The number of likely N-dealkylation sites (tertiary alicyclic amines) is 1. The van der Waals surface area contributed by atoms with Crippen LogP contribution in [0.25, 0.3) is 0 Å². The van der Waals surface area contributed by atoms with E-state index in [1.807, 2.05) is 12.1 Å². The molecule has 3 fully saturated rings. The Bertz CT molecular complexity index is 702. The Morgan fingerprint density at radius 2 is 1.90 bits per heavy atom. The highest BCUT2D eigenvalue weighted by Gasteiger charge is 2.36. The van der Waals surface area contributed by atoms with Crippen molar-refractivity contribution in [2.45, 2.75) is 62.7 Å². The summed E-state index contributed by atoms with van der Waals surface area (Å²) in [5.74, 6) is 1.56. The molecule has 6 heteroatoms. The lowest BCUT2D eigenvalue weighted by molar-refractivity contribution is 0.164. The predicted molar refractivity (Wildman–Crippen MR) is 121 cm³/mol. The van der Waals surface area contributed by atoms with Crippen molar-refractivity contribution in [3.63, 3.8) is 0 Å². The number of nitrogens with zero attached hydrogens (tertiary/aromatic N) is 2. The molecule has 0 spiro atoms. The third-order valence-electron chi connectivity index (χ3n) is 6.85. The number of carbonyl (C=O) groups excluding carboxylic acids is 1. The summed E-state index contributed by atoms with van der Waals surface area (Å²) < 4.78 is 5.35. The minimum Gasteiger partial charge on any atom is -0.497 e. The summed E-state index contributed by atoms with van der Waals surface area (Å²) in [6.07, 6.45) is 9.75. The van der Waals surface area contributed by atoms with Gasteiger partial charge in [-0.15, -0.1) is 0 Å². The predicted octanol–water partition coefficient (Wildman–Crippen LogP) is 5.47. The van der Waals surface area contributed by atoms with E-state index in [0.29, 0.717) is 22.4 Å². The molecule has 0 N–H and O–H groups in total. The highest BCUT2D eigenvalue weighted by atomic mass is 35.5. The SMILES string of the molecule is COc1ccc(Cl)c(CC2CCN(CC3CN(C4CCCCC4)C(=O)S3)CC2)c1. The summed E-state index contributed by atoms with van der Waals surface area (Å²) in [6, 6.07) is 6.45. The molecule has 1 aliphatic carbocycles. The van der Waals surface area contributed by atoms with Crippen LogP contribution >= 0.6 is 23.4 Å². The first kappa shape index (κ1) is 21.3. The van der Waals surface area contributed by atoms with Crippen molar-refractivity contribution in [2.24, 2.45) is 5.92 Å². The van der Waals surface area contributed by atoms with Crippen molar-refractivity contribution in [2.75, 3.05) is 33.3 Å². The van der Waals surface area contributed by atoms with E-state index in [2.05, 4.69) is 15.9 Å². The fourth-order valence-electron chi connectivity index (χ4n) is 5.13. The van der Waals surface area contributed by atoms with Crippen molar-refractivity contribution in [3.8, 4) is 5.75 Å². The number of carbonyl (C=O) groups is 1. The van der Waals surface area contributed by atoms with Gasteiger partial charge >= 0.3 is 0 Å². The van der Waals surface area contributed by atoms with Gasteiger partial charge in [-0.2, -0.15) is 0 Å². The Hall–Kier alpha value is -0.910. The Morgan fingerprint density at radius 1 is 1.14 bits per heavy atom. The van der Waals surface area contributed by atoms with Crippen molar-refractivity contribution < 1.29 is 9.53 Å². The topological polar surface area (TPSA) is 32.8 Å². The summed E-state index contributed by atoms with van der Waals surface area (Å²) in [7, 11) is 1.70. The smallest absolute Gasteiger partial charge is 0.282 e. The fraction of sp³-hybridized carbons (Fsp3) is 0.696. The van der Waals surface area contributed by atoms with Gasteiger partial charge in [0, 0.05) is 29.4 Å². The maximum absolute atomic E-state index is 12.5. The fourth-order valence-corrected chi connectivity index (χ4v) is 6.49. The van der Waals surface area contributed by atoms with E-state index in [0.717, 1.165) is 43.4 Å². The van der Waals surface area contributed by atoms with E-state index in [-0.39, 0.29) is 0 Å². The molecular formula is C23H33ClN2O2S. The molecule has 1 saturated carbocycles. The second-order valence-electron chi connectivity index (χ2n) is 8.86. The molecule has 3 aliphatic rings.